The minimum absolute atomic E-state index is 0.115. The first kappa shape index (κ1) is 14.8. The number of rotatable bonds is 6. The molecular weight excluding hydrogens is 252 g/mol. The fourth-order valence-electron chi connectivity index (χ4n) is 2.82. The van der Waals surface area contributed by atoms with Crippen LogP contribution in [0.15, 0.2) is 18.3 Å². The summed E-state index contributed by atoms with van der Waals surface area (Å²) in [6.07, 6.45) is 7.92. The highest BCUT2D eigenvalue weighted by Crippen LogP contribution is 2.28. The molecule has 0 amide bonds. The van der Waals surface area contributed by atoms with Gasteiger partial charge in [0, 0.05) is 12.6 Å². The van der Waals surface area contributed by atoms with Crippen LogP contribution in [0.25, 0.3) is 0 Å². The third-order valence-corrected chi connectivity index (χ3v) is 4.01. The van der Waals surface area contributed by atoms with E-state index in [1.807, 2.05) is 6.07 Å². The number of hydrogen-bond donors (Lipinski definition) is 1. The number of anilines is 1. The topological polar surface area (TPSA) is 53.4 Å². The van der Waals surface area contributed by atoms with Gasteiger partial charge < -0.3 is 10.0 Å². The van der Waals surface area contributed by atoms with Crippen molar-refractivity contribution in [2.24, 2.45) is 5.92 Å². The van der Waals surface area contributed by atoms with E-state index < -0.39 is 5.97 Å². The number of carboxylic acid groups (broad SMARTS) is 1. The van der Waals surface area contributed by atoms with Crippen molar-refractivity contribution >= 4 is 11.7 Å². The van der Waals surface area contributed by atoms with Crippen LogP contribution in [-0.2, 0) is 0 Å². The molecule has 1 aromatic rings. The first-order valence-corrected chi connectivity index (χ1v) is 7.54. The minimum Gasteiger partial charge on any atom is -0.477 e. The second kappa shape index (κ2) is 6.73. The van der Waals surface area contributed by atoms with E-state index in [4.69, 9.17) is 5.11 Å². The summed E-state index contributed by atoms with van der Waals surface area (Å²) in [6.45, 7) is 5.49. The monoisotopic (exact) mass is 276 g/mol. The van der Waals surface area contributed by atoms with E-state index in [1.165, 1.54) is 25.7 Å². The molecule has 1 aliphatic rings. The molecule has 0 bridgehead atoms. The summed E-state index contributed by atoms with van der Waals surface area (Å²) in [5.41, 5.74) is 1.17. The van der Waals surface area contributed by atoms with E-state index in [0.717, 1.165) is 18.7 Å². The lowest BCUT2D eigenvalue weighted by Crippen LogP contribution is -2.34. The zero-order valence-electron chi connectivity index (χ0n) is 12.4. The minimum atomic E-state index is -0.967. The Morgan fingerprint density at radius 2 is 2.10 bits per heavy atom. The third kappa shape index (κ3) is 3.71. The lowest BCUT2D eigenvalue weighted by atomic mass is 10.1. The van der Waals surface area contributed by atoms with Gasteiger partial charge in [-0.1, -0.05) is 26.7 Å². The van der Waals surface area contributed by atoms with Gasteiger partial charge in [0.2, 0.25) is 0 Å². The summed E-state index contributed by atoms with van der Waals surface area (Å²) in [5, 5.41) is 8.93. The van der Waals surface area contributed by atoms with Crippen LogP contribution in [0, 0.1) is 5.92 Å². The molecule has 1 aliphatic carbocycles. The first-order valence-electron chi connectivity index (χ1n) is 7.54. The molecular formula is C16H24N2O2. The molecule has 1 saturated carbocycles. The SMILES string of the molecule is CC(C)CCN(c1ccc(C(=O)O)nc1)C1CCCC1. The summed E-state index contributed by atoms with van der Waals surface area (Å²) in [4.78, 5) is 17.4. The zero-order valence-corrected chi connectivity index (χ0v) is 12.4. The number of pyridine rings is 1. The highest BCUT2D eigenvalue weighted by molar-refractivity contribution is 5.85. The Kier molecular flexibility index (Phi) is 4.99. The second-order valence-electron chi connectivity index (χ2n) is 6.02. The molecule has 110 valence electrons. The highest BCUT2D eigenvalue weighted by Gasteiger charge is 2.23. The van der Waals surface area contributed by atoms with E-state index in [2.05, 4.69) is 23.7 Å². The smallest absolute Gasteiger partial charge is 0.354 e. The number of carboxylic acids is 1. The summed E-state index contributed by atoms with van der Waals surface area (Å²) in [5.74, 6) is -0.295. The van der Waals surface area contributed by atoms with Crippen molar-refractivity contribution in [3.8, 4) is 0 Å². The number of hydrogen-bond acceptors (Lipinski definition) is 3. The van der Waals surface area contributed by atoms with Gasteiger partial charge in [-0.05, 0) is 37.3 Å². The fourth-order valence-corrected chi connectivity index (χ4v) is 2.82. The molecule has 2 rings (SSSR count). The first-order chi connectivity index (χ1) is 9.58. The van der Waals surface area contributed by atoms with Crippen molar-refractivity contribution in [1.82, 2.24) is 4.98 Å². The van der Waals surface area contributed by atoms with Gasteiger partial charge in [-0.25, -0.2) is 9.78 Å². The van der Waals surface area contributed by atoms with Gasteiger partial charge >= 0.3 is 5.97 Å². The average Bonchev–Trinajstić information content (AvgIpc) is 2.93. The van der Waals surface area contributed by atoms with Crippen LogP contribution in [0.5, 0.6) is 0 Å². The van der Waals surface area contributed by atoms with Crippen LogP contribution >= 0.6 is 0 Å². The summed E-state index contributed by atoms with van der Waals surface area (Å²) in [7, 11) is 0. The van der Waals surface area contributed by atoms with Crippen LogP contribution in [0.2, 0.25) is 0 Å². The van der Waals surface area contributed by atoms with Gasteiger partial charge in [0.1, 0.15) is 5.69 Å². The normalized spacial score (nSPS) is 15.8. The van der Waals surface area contributed by atoms with Crippen molar-refractivity contribution in [1.29, 1.82) is 0 Å². The second-order valence-corrected chi connectivity index (χ2v) is 6.02. The van der Waals surface area contributed by atoms with Crippen molar-refractivity contribution in [3.63, 3.8) is 0 Å². The van der Waals surface area contributed by atoms with Crippen molar-refractivity contribution in [3.05, 3.63) is 24.0 Å². The van der Waals surface area contributed by atoms with Gasteiger partial charge in [-0.3, -0.25) is 0 Å². The Bertz CT molecular complexity index is 436. The molecule has 4 nitrogen and oxygen atoms in total. The summed E-state index contributed by atoms with van der Waals surface area (Å²) < 4.78 is 0. The van der Waals surface area contributed by atoms with Crippen LogP contribution in [-0.4, -0.2) is 28.6 Å². The maximum Gasteiger partial charge on any atom is 0.354 e. The third-order valence-electron chi connectivity index (χ3n) is 4.01. The lowest BCUT2D eigenvalue weighted by Gasteiger charge is -2.31. The van der Waals surface area contributed by atoms with Crippen LogP contribution in [0.4, 0.5) is 5.69 Å². The van der Waals surface area contributed by atoms with E-state index in [-0.39, 0.29) is 5.69 Å². The lowest BCUT2D eigenvalue weighted by molar-refractivity contribution is 0.0690. The van der Waals surface area contributed by atoms with E-state index in [9.17, 15) is 4.79 Å². The van der Waals surface area contributed by atoms with Crippen molar-refractivity contribution in [2.75, 3.05) is 11.4 Å². The predicted octanol–water partition coefficient (Wildman–Crippen LogP) is 3.57. The van der Waals surface area contributed by atoms with E-state index >= 15 is 0 Å². The largest absolute Gasteiger partial charge is 0.477 e. The molecule has 0 spiro atoms. The Morgan fingerprint density at radius 3 is 2.60 bits per heavy atom. The van der Waals surface area contributed by atoms with Gasteiger partial charge in [0.15, 0.2) is 0 Å². The van der Waals surface area contributed by atoms with E-state index in [0.29, 0.717) is 12.0 Å². The molecule has 0 saturated heterocycles. The molecule has 0 aliphatic heterocycles. The van der Waals surface area contributed by atoms with Crippen LogP contribution < -0.4 is 4.90 Å². The molecule has 0 unspecified atom stereocenters. The van der Waals surface area contributed by atoms with Crippen molar-refractivity contribution < 1.29 is 9.90 Å². The molecule has 0 aromatic carbocycles. The summed E-state index contributed by atoms with van der Waals surface area (Å²) in [6, 6.07) is 4.09. The van der Waals surface area contributed by atoms with Crippen LogP contribution in [0.1, 0.15) is 56.4 Å². The van der Waals surface area contributed by atoms with Gasteiger partial charge in [0.05, 0.1) is 11.9 Å². The Labute approximate surface area is 120 Å². The molecule has 1 heterocycles. The quantitative estimate of drug-likeness (QED) is 0.863. The average molecular weight is 276 g/mol. The maximum absolute atomic E-state index is 10.9. The van der Waals surface area contributed by atoms with Gasteiger partial charge in [-0.2, -0.15) is 0 Å². The number of carbonyl (C=O) groups is 1. The summed E-state index contributed by atoms with van der Waals surface area (Å²) >= 11 is 0. The molecule has 1 fully saturated rings. The number of aromatic nitrogens is 1. The molecule has 20 heavy (non-hydrogen) atoms. The van der Waals surface area contributed by atoms with Gasteiger partial charge in [-0.15, -0.1) is 0 Å². The molecule has 1 N–H and O–H groups in total. The molecule has 0 radical (unpaired) electrons. The van der Waals surface area contributed by atoms with Crippen molar-refractivity contribution in [2.45, 2.75) is 52.0 Å². The molecule has 0 atom stereocenters. The standard InChI is InChI=1S/C16H24N2O2/c1-12(2)9-10-18(13-5-3-4-6-13)14-7-8-15(16(19)20)17-11-14/h7-8,11-13H,3-6,9-10H2,1-2H3,(H,19,20). The maximum atomic E-state index is 10.9. The van der Waals surface area contributed by atoms with Gasteiger partial charge in [0.25, 0.3) is 0 Å². The Hall–Kier alpha value is -1.58. The fraction of sp³-hybridized carbons (Fsp3) is 0.625. The van der Waals surface area contributed by atoms with E-state index in [1.54, 1.807) is 12.3 Å². The number of nitrogens with zero attached hydrogens (tertiary/aromatic N) is 2. The highest BCUT2D eigenvalue weighted by atomic mass is 16.4. The Morgan fingerprint density at radius 1 is 1.40 bits per heavy atom. The molecule has 1 aromatic heterocycles. The Balaban J connectivity index is 2.13. The zero-order chi connectivity index (χ0) is 14.5. The predicted molar refractivity (Wildman–Crippen MR) is 80.3 cm³/mol. The van der Waals surface area contributed by atoms with Crippen LogP contribution in [0.3, 0.4) is 0 Å². The molecule has 4 heteroatoms. The number of aromatic carboxylic acids is 1.